The molecule has 0 spiro atoms. The van der Waals surface area contributed by atoms with Crippen LogP contribution in [0.2, 0.25) is 0 Å². The molecule has 0 saturated carbocycles. The molecule has 17 heavy (non-hydrogen) atoms. The maximum atomic E-state index is 11.7. The number of hydrogen-bond acceptors (Lipinski definition) is 4. The van der Waals surface area contributed by atoms with Gasteiger partial charge in [0.25, 0.3) is 0 Å². The fraction of sp³-hybridized carbons (Fsp3) is 0.333. The monoisotopic (exact) mass is 231 g/mol. The Morgan fingerprint density at radius 3 is 3.18 bits per heavy atom. The largest absolute Gasteiger partial charge is 0.457 e. The molecule has 5 nitrogen and oxygen atoms in total. The Labute approximate surface area is 98.2 Å². The Bertz CT molecular complexity index is 531. The van der Waals surface area contributed by atoms with E-state index >= 15 is 0 Å². The first-order valence-electron chi connectivity index (χ1n) is 5.62. The number of fused-ring (bicyclic) bond motifs is 1. The summed E-state index contributed by atoms with van der Waals surface area (Å²) < 4.78 is 5.62. The number of hydrogen-bond donors (Lipinski definition) is 1. The van der Waals surface area contributed by atoms with Crippen LogP contribution in [0.15, 0.2) is 28.8 Å². The lowest BCUT2D eigenvalue weighted by molar-refractivity contribution is -0.129. The summed E-state index contributed by atoms with van der Waals surface area (Å²) in [6, 6.07) is 5.21. The van der Waals surface area contributed by atoms with Gasteiger partial charge in [-0.05, 0) is 18.6 Å². The molecular weight excluding hydrogens is 218 g/mol. The molecule has 2 N–H and O–H groups in total. The van der Waals surface area contributed by atoms with E-state index in [1.54, 1.807) is 11.1 Å². The first kappa shape index (κ1) is 10.3. The average molecular weight is 231 g/mol. The van der Waals surface area contributed by atoms with Gasteiger partial charge in [-0.15, -0.1) is 0 Å². The number of pyridine rings is 1. The molecular formula is C12H13N3O2. The smallest absolute Gasteiger partial charge is 0.239 e. The van der Waals surface area contributed by atoms with Crippen LogP contribution < -0.4 is 5.73 Å². The van der Waals surface area contributed by atoms with E-state index in [0.29, 0.717) is 13.1 Å². The highest BCUT2D eigenvalue weighted by atomic mass is 16.3. The van der Waals surface area contributed by atoms with Crippen molar-refractivity contribution in [1.29, 1.82) is 0 Å². The molecule has 0 bridgehead atoms. The van der Waals surface area contributed by atoms with Gasteiger partial charge in [0.05, 0.1) is 12.6 Å². The third kappa shape index (κ3) is 1.78. The number of carbonyl (C=O) groups is 1. The van der Waals surface area contributed by atoms with Crippen LogP contribution in [0.3, 0.4) is 0 Å². The van der Waals surface area contributed by atoms with Crippen LogP contribution in [0.4, 0.5) is 0 Å². The van der Waals surface area contributed by atoms with Gasteiger partial charge in [-0.1, -0.05) is 0 Å². The summed E-state index contributed by atoms with van der Waals surface area (Å²) in [6.45, 7) is 1.17. The topological polar surface area (TPSA) is 72.4 Å². The first-order chi connectivity index (χ1) is 8.24. The van der Waals surface area contributed by atoms with Gasteiger partial charge in [0.2, 0.25) is 5.91 Å². The number of amides is 1. The molecule has 0 aliphatic carbocycles. The summed E-state index contributed by atoms with van der Waals surface area (Å²) in [4.78, 5) is 17.6. The average Bonchev–Trinajstić information content (AvgIpc) is 2.87. The maximum Gasteiger partial charge on any atom is 0.239 e. The molecule has 1 unspecified atom stereocenters. The molecule has 1 aliphatic heterocycles. The van der Waals surface area contributed by atoms with Crippen LogP contribution in [0.1, 0.15) is 12.2 Å². The SMILES string of the molecule is NC1CCN(Cc2cc3ncccc3o2)C1=O. The molecule has 0 radical (unpaired) electrons. The molecule has 1 amide bonds. The highest BCUT2D eigenvalue weighted by Gasteiger charge is 2.28. The van der Waals surface area contributed by atoms with Crippen molar-refractivity contribution in [3.8, 4) is 0 Å². The molecule has 3 rings (SSSR count). The second-order valence-corrected chi connectivity index (χ2v) is 4.25. The van der Waals surface area contributed by atoms with E-state index in [9.17, 15) is 4.79 Å². The van der Waals surface area contributed by atoms with E-state index in [4.69, 9.17) is 10.2 Å². The summed E-state index contributed by atoms with van der Waals surface area (Å²) >= 11 is 0. The standard InChI is InChI=1S/C12H13N3O2/c13-9-3-5-15(12(9)16)7-8-6-10-11(17-8)2-1-4-14-10/h1-2,4,6,9H,3,5,7,13H2. The quantitative estimate of drug-likeness (QED) is 0.833. The number of carbonyl (C=O) groups excluding carboxylic acids is 1. The van der Waals surface area contributed by atoms with Crippen molar-refractivity contribution in [3.05, 3.63) is 30.2 Å². The Kier molecular flexibility index (Phi) is 2.33. The van der Waals surface area contributed by atoms with Crippen LogP contribution >= 0.6 is 0 Å². The van der Waals surface area contributed by atoms with Crippen molar-refractivity contribution in [1.82, 2.24) is 9.88 Å². The van der Waals surface area contributed by atoms with Crippen LogP contribution in [-0.2, 0) is 11.3 Å². The van der Waals surface area contributed by atoms with Crippen LogP contribution in [0, 0.1) is 0 Å². The van der Waals surface area contributed by atoms with Crippen LogP contribution in [0.5, 0.6) is 0 Å². The van der Waals surface area contributed by atoms with E-state index in [0.717, 1.165) is 23.3 Å². The fourth-order valence-corrected chi connectivity index (χ4v) is 2.11. The molecule has 3 heterocycles. The summed E-state index contributed by atoms with van der Waals surface area (Å²) in [5.74, 6) is 0.750. The van der Waals surface area contributed by atoms with E-state index in [1.807, 2.05) is 18.2 Å². The maximum absolute atomic E-state index is 11.7. The van der Waals surface area contributed by atoms with E-state index in [1.165, 1.54) is 0 Å². The van der Waals surface area contributed by atoms with Gasteiger partial charge in [-0.25, -0.2) is 0 Å². The van der Waals surface area contributed by atoms with Gasteiger partial charge < -0.3 is 15.1 Å². The number of furan rings is 1. The number of nitrogens with two attached hydrogens (primary N) is 1. The van der Waals surface area contributed by atoms with Crippen molar-refractivity contribution in [3.63, 3.8) is 0 Å². The van der Waals surface area contributed by atoms with E-state index in [-0.39, 0.29) is 11.9 Å². The van der Waals surface area contributed by atoms with E-state index in [2.05, 4.69) is 4.98 Å². The summed E-state index contributed by atoms with van der Waals surface area (Å²) in [7, 11) is 0. The van der Waals surface area contributed by atoms with Gasteiger partial charge in [0, 0.05) is 18.8 Å². The zero-order valence-electron chi connectivity index (χ0n) is 9.30. The van der Waals surface area contributed by atoms with Crippen LogP contribution in [0.25, 0.3) is 11.1 Å². The molecule has 88 valence electrons. The zero-order valence-corrected chi connectivity index (χ0v) is 9.30. The lowest BCUT2D eigenvalue weighted by Crippen LogP contribution is -2.33. The molecule has 0 aromatic carbocycles. The highest BCUT2D eigenvalue weighted by molar-refractivity contribution is 5.83. The fourth-order valence-electron chi connectivity index (χ4n) is 2.11. The zero-order chi connectivity index (χ0) is 11.8. The molecule has 1 aliphatic rings. The second-order valence-electron chi connectivity index (χ2n) is 4.25. The molecule has 5 heteroatoms. The first-order valence-corrected chi connectivity index (χ1v) is 5.62. The van der Waals surface area contributed by atoms with Gasteiger partial charge in [-0.3, -0.25) is 9.78 Å². The number of likely N-dealkylation sites (tertiary alicyclic amines) is 1. The predicted molar refractivity (Wildman–Crippen MR) is 62.0 cm³/mol. The number of rotatable bonds is 2. The second kappa shape index (κ2) is 3.85. The van der Waals surface area contributed by atoms with Crippen LogP contribution in [-0.4, -0.2) is 28.4 Å². The van der Waals surface area contributed by atoms with Gasteiger partial charge in [-0.2, -0.15) is 0 Å². The minimum Gasteiger partial charge on any atom is -0.457 e. The third-order valence-electron chi connectivity index (χ3n) is 3.02. The molecule has 1 fully saturated rings. The molecule has 2 aromatic heterocycles. The Morgan fingerprint density at radius 1 is 1.59 bits per heavy atom. The lowest BCUT2D eigenvalue weighted by Gasteiger charge is -2.13. The number of nitrogens with zero attached hydrogens (tertiary/aromatic N) is 2. The highest BCUT2D eigenvalue weighted by Crippen LogP contribution is 2.20. The number of aromatic nitrogens is 1. The third-order valence-corrected chi connectivity index (χ3v) is 3.02. The minimum atomic E-state index is -0.350. The van der Waals surface area contributed by atoms with Gasteiger partial charge in [0.1, 0.15) is 11.3 Å². The van der Waals surface area contributed by atoms with Crippen molar-refractivity contribution in [2.75, 3.05) is 6.54 Å². The summed E-state index contributed by atoms with van der Waals surface area (Å²) in [6.07, 6.45) is 2.44. The Balaban J connectivity index is 1.83. The summed E-state index contributed by atoms with van der Waals surface area (Å²) in [5.41, 5.74) is 7.23. The summed E-state index contributed by atoms with van der Waals surface area (Å²) in [5, 5.41) is 0. The van der Waals surface area contributed by atoms with Crippen molar-refractivity contribution in [2.45, 2.75) is 19.0 Å². The van der Waals surface area contributed by atoms with Crippen molar-refractivity contribution >= 4 is 17.0 Å². The van der Waals surface area contributed by atoms with E-state index < -0.39 is 0 Å². The normalized spacial score (nSPS) is 20.4. The van der Waals surface area contributed by atoms with Crippen molar-refractivity contribution in [2.24, 2.45) is 5.73 Å². The molecule has 1 saturated heterocycles. The Morgan fingerprint density at radius 2 is 2.47 bits per heavy atom. The molecule has 2 aromatic rings. The van der Waals surface area contributed by atoms with Crippen molar-refractivity contribution < 1.29 is 9.21 Å². The lowest BCUT2D eigenvalue weighted by atomic mass is 10.3. The molecule has 1 atom stereocenters. The van der Waals surface area contributed by atoms with Gasteiger partial charge in [0.15, 0.2) is 5.58 Å². The Hall–Kier alpha value is -1.88. The van der Waals surface area contributed by atoms with Gasteiger partial charge >= 0.3 is 0 Å². The predicted octanol–water partition coefficient (Wildman–Crippen LogP) is 0.887. The minimum absolute atomic E-state index is 0.00147.